The van der Waals surface area contributed by atoms with Gasteiger partial charge in [0, 0.05) is 56.7 Å². The van der Waals surface area contributed by atoms with Gasteiger partial charge in [0.25, 0.3) is 0 Å². The van der Waals surface area contributed by atoms with E-state index in [1.165, 1.54) is 52.1 Å². The molecule has 0 bridgehead atoms. The number of ether oxygens (including phenoxy) is 3. The maximum absolute atomic E-state index is 13.7. The Kier molecular flexibility index (Phi) is 20.0. The van der Waals surface area contributed by atoms with E-state index in [2.05, 4.69) is 62.9 Å². The number of hydrogen-bond donors (Lipinski definition) is 7. The summed E-state index contributed by atoms with van der Waals surface area (Å²) >= 11 is 2.94. The third-order valence-electron chi connectivity index (χ3n) is 13.3. The fourth-order valence-electron chi connectivity index (χ4n) is 9.26. The summed E-state index contributed by atoms with van der Waals surface area (Å²) in [5.41, 5.74) is 2.97. The monoisotopic (exact) mass is 1090 g/mol. The number of thioether (sulfide) groups is 2. The maximum Gasteiger partial charge on any atom is 1.00 e. The summed E-state index contributed by atoms with van der Waals surface area (Å²) in [7, 11) is 1.23. The quantitative estimate of drug-likeness (QED) is 0.0184. The van der Waals surface area contributed by atoms with E-state index in [1.807, 2.05) is 6.92 Å². The Hall–Kier alpha value is -4.73. The molecule has 29 heteroatoms. The molecule has 4 aromatic heterocycles. The average molecular weight is 1090 g/mol. The van der Waals surface area contributed by atoms with Crippen LogP contribution in [-0.4, -0.2) is 177 Å². The Bertz CT molecular complexity index is 2970. The van der Waals surface area contributed by atoms with Crippen molar-refractivity contribution in [3.63, 3.8) is 0 Å². The first-order valence-corrected chi connectivity index (χ1v) is 26.3. The first-order valence-electron chi connectivity index (χ1n) is 24.3. The molecule has 403 valence electrons. The summed E-state index contributed by atoms with van der Waals surface area (Å²) in [6.07, 6.45) is -2.57. The van der Waals surface area contributed by atoms with Crippen molar-refractivity contribution in [2.24, 2.45) is 0 Å². The molecular formula is C47H57BF4LiN12O9S2. The maximum atomic E-state index is 13.7. The normalized spacial score (nSPS) is 26.4. The molecule has 4 heterocycles. The predicted octanol–water partition coefficient (Wildman–Crippen LogP) is 0.944. The number of esters is 1. The number of carbonyl (C=O) groups excluding carboxylic acids is 1. The van der Waals surface area contributed by atoms with Gasteiger partial charge in [-0.3, -0.25) is 0 Å². The van der Waals surface area contributed by atoms with Crippen molar-refractivity contribution in [3.8, 4) is 0 Å². The molecule has 4 fully saturated rings. The number of hydrogen-bond acceptors (Lipinski definition) is 21. The molecule has 76 heavy (non-hydrogen) atoms. The number of nitrogens with one attached hydrogen (secondary N) is 2. The van der Waals surface area contributed by atoms with E-state index >= 15 is 0 Å². The second kappa shape index (κ2) is 25.8. The van der Waals surface area contributed by atoms with Crippen molar-refractivity contribution >= 4 is 71.9 Å². The van der Waals surface area contributed by atoms with E-state index in [9.17, 15) is 42.8 Å². The first-order chi connectivity index (χ1) is 35.7. The number of aliphatic hydroxyl groups excluding tert-OH is 5. The van der Waals surface area contributed by atoms with Gasteiger partial charge in [0.15, 0.2) is 67.5 Å². The molecule has 4 aliphatic carbocycles. The Morgan fingerprint density at radius 2 is 1.13 bits per heavy atom. The number of fused-ring (bicyclic) bond motifs is 2. The number of rotatable bonds is 20. The summed E-state index contributed by atoms with van der Waals surface area (Å²) in [6, 6.07) is 6.40. The minimum Gasteiger partial charge on any atom is -1.00 e. The molecule has 0 spiro atoms. The summed E-state index contributed by atoms with van der Waals surface area (Å²) in [5, 5.41) is 76.1. The second-order valence-corrected chi connectivity index (χ2v) is 20.6. The van der Waals surface area contributed by atoms with Gasteiger partial charge in [-0.2, -0.15) is 0 Å². The molecule has 7 N–H and O–H groups in total. The average Bonchev–Trinajstić information content (AvgIpc) is 4.17. The molecule has 12 atom stereocenters. The van der Waals surface area contributed by atoms with E-state index in [0.717, 1.165) is 42.9 Å². The zero-order valence-corrected chi connectivity index (χ0v) is 43.6. The van der Waals surface area contributed by atoms with Gasteiger partial charge in [-0.15, -0.1) is 10.2 Å². The number of aromatic nitrogens is 10. The smallest absolute Gasteiger partial charge is 1.00 e. The summed E-state index contributed by atoms with van der Waals surface area (Å²) in [5.74, 6) is -1.63. The molecule has 0 aliphatic heterocycles. The van der Waals surface area contributed by atoms with Gasteiger partial charge in [-0.25, -0.2) is 51.7 Å². The minimum absolute atomic E-state index is 0. The molecule has 2 aromatic carbocycles. The SMILES string of the molecule is CCCSc1nc(NC2C[C@@H]2c2ccc(F)c(F)c2)c2nnn(C3C[C@H](OCC(=O)OC)[C@@H](O)[C@H]3O)c2n1.CCCSc1nc(NC2C[C@@H]2c2ccc(F)c(F)c2)c2nnn(C3C[C@H](OCCO)[C@@H](O)[C@H]3O)c2n1.[B].[H-].[Li+]. The van der Waals surface area contributed by atoms with Crippen molar-refractivity contribution in [3.05, 3.63) is 70.8 Å². The predicted molar refractivity (Wildman–Crippen MR) is 267 cm³/mol. The number of carbonyl (C=O) groups is 1. The molecule has 4 aliphatic rings. The van der Waals surface area contributed by atoms with Gasteiger partial charge < -0.3 is 51.8 Å². The molecule has 21 nitrogen and oxygen atoms in total. The number of benzene rings is 2. The summed E-state index contributed by atoms with van der Waals surface area (Å²) < 4.78 is 72.6. The molecule has 6 aromatic rings. The standard InChI is InChI=1S/C24H28F2N6O5S.C23H28F2N6O4S.B.Li.H/c1-3-6-38-24-28-22(27-15-8-12(15)11-4-5-13(25)14(26)7-11)19-23(29-24)32(31-30-19)16-9-17(21(35)20(16)34)37-10-18(33)36-2;1-2-7-36-23-27-21(26-15-9-12(15)11-3-4-13(24)14(25)8-11)18-22(28-23)31(30-29-18)16-10-17(35-6-5-32)20(34)19(16)33;;;/h4-5,7,12,15-17,20-21,34-35H,3,6,8-10H2,1-2H3,(H,27,28,29);3-4,8,12,15-17,19-20,32-34H,2,5-7,9-10H2,1H3,(H,26,27,28);;;/q;;;+1;-1/t12-,15?,16?,17+,20+,21-;12-,15?,16?,17+,19+,20-;;;/m11.../s1. The van der Waals surface area contributed by atoms with Crippen LogP contribution in [0.2, 0.25) is 0 Å². The van der Waals surface area contributed by atoms with Crippen molar-refractivity contribution in [2.45, 2.75) is 135 Å². The Morgan fingerprint density at radius 1 is 0.684 bits per heavy atom. The van der Waals surface area contributed by atoms with Crippen LogP contribution in [0.1, 0.15) is 88.8 Å². The molecule has 0 amide bonds. The fourth-order valence-corrected chi connectivity index (χ4v) is 10.6. The van der Waals surface area contributed by atoms with Gasteiger partial charge >= 0.3 is 24.8 Å². The number of methoxy groups -OCH3 is 1. The van der Waals surface area contributed by atoms with Gasteiger partial charge in [-0.05, 0) is 61.1 Å². The number of anilines is 2. The van der Waals surface area contributed by atoms with Crippen molar-refractivity contribution < 1.29 is 82.4 Å². The zero-order chi connectivity index (χ0) is 52.4. The van der Waals surface area contributed by atoms with Crippen molar-refractivity contribution in [1.82, 2.24) is 49.9 Å². The third kappa shape index (κ3) is 12.9. The third-order valence-corrected chi connectivity index (χ3v) is 15.4. The van der Waals surface area contributed by atoms with E-state index in [1.54, 1.807) is 12.1 Å². The summed E-state index contributed by atoms with van der Waals surface area (Å²) in [6.45, 7) is 3.59. The largest absolute Gasteiger partial charge is 1.00 e. The summed E-state index contributed by atoms with van der Waals surface area (Å²) in [4.78, 5) is 30.0. The first kappa shape index (κ1) is 58.9. The van der Waals surface area contributed by atoms with E-state index in [4.69, 9.17) is 14.6 Å². The van der Waals surface area contributed by atoms with Crippen LogP contribution in [0.25, 0.3) is 22.3 Å². The van der Waals surface area contributed by atoms with Crippen LogP contribution < -0.4 is 29.5 Å². The molecular weight excluding hydrogens is 1030 g/mol. The number of aliphatic hydroxyl groups is 5. The van der Waals surface area contributed by atoms with Gasteiger partial charge in [0.2, 0.25) is 0 Å². The van der Waals surface area contributed by atoms with Crippen LogP contribution in [-0.2, 0) is 19.0 Å². The van der Waals surface area contributed by atoms with Gasteiger partial charge in [0.05, 0.1) is 44.6 Å². The minimum atomic E-state index is -1.25. The van der Waals surface area contributed by atoms with Crippen LogP contribution in [0.4, 0.5) is 29.2 Å². The molecule has 0 saturated heterocycles. The fraction of sp³-hybridized carbons (Fsp3) is 0.553. The van der Waals surface area contributed by atoms with Crippen LogP contribution in [0.5, 0.6) is 0 Å². The van der Waals surface area contributed by atoms with Crippen LogP contribution >= 0.6 is 23.5 Å². The molecule has 4 saturated carbocycles. The number of halogens is 4. The van der Waals surface area contributed by atoms with E-state index in [0.29, 0.717) is 61.8 Å². The second-order valence-electron chi connectivity index (χ2n) is 18.5. The van der Waals surface area contributed by atoms with Gasteiger partial charge in [-0.1, -0.05) is 59.9 Å². The van der Waals surface area contributed by atoms with E-state index < -0.39 is 77.9 Å². The van der Waals surface area contributed by atoms with Crippen LogP contribution in [0.3, 0.4) is 0 Å². The topological polar surface area (TPSA) is 283 Å². The van der Waals surface area contributed by atoms with Gasteiger partial charge in [0.1, 0.15) is 31.0 Å². The molecule has 10 rings (SSSR count). The van der Waals surface area contributed by atoms with Crippen molar-refractivity contribution in [1.29, 1.82) is 0 Å². The molecule has 3 radical (unpaired) electrons. The van der Waals surface area contributed by atoms with Crippen LogP contribution in [0, 0.1) is 23.3 Å². The Balaban J connectivity index is 0.000000240. The zero-order valence-electron chi connectivity index (χ0n) is 42.9. The Labute approximate surface area is 457 Å². The van der Waals surface area contributed by atoms with Crippen LogP contribution in [0.15, 0.2) is 46.7 Å². The van der Waals surface area contributed by atoms with E-state index in [-0.39, 0.29) is 85.3 Å². The molecule has 4 unspecified atom stereocenters. The Morgan fingerprint density at radius 3 is 1.54 bits per heavy atom. The van der Waals surface area contributed by atoms with Crippen molar-refractivity contribution in [2.75, 3.05) is 49.1 Å². The number of nitrogens with zero attached hydrogens (tertiary/aromatic N) is 10.